The Morgan fingerprint density at radius 2 is 2.20 bits per heavy atom. The molecule has 1 aliphatic rings. The Morgan fingerprint density at radius 3 is 2.75 bits per heavy atom. The van der Waals surface area contributed by atoms with Crippen LogP contribution in [0.15, 0.2) is 18.2 Å². The molecule has 2 unspecified atom stereocenters. The van der Waals surface area contributed by atoms with Gasteiger partial charge in [-0.1, -0.05) is 13.3 Å². The van der Waals surface area contributed by atoms with E-state index in [-0.39, 0.29) is 11.6 Å². The first-order chi connectivity index (χ1) is 9.56. The van der Waals surface area contributed by atoms with E-state index in [1.807, 2.05) is 0 Å². The largest absolute Gasteiger partial charge is 0.376 e. The van der Waals surface area contributed by atoms with E-state index in [0.29, 0.717) is 29.8 Å². The van der Waals surface area contributed by atoms with Crippen LogP contribution < -0.4 is 10.6 Å². The number of hydrogen-bond acceptors (Lipinski definition) is 4. The topological polar surface area (TPSA) is 84.3 Å². The lowest BCUT2D eigenvalue weighted by molar-refractivity contribution is -0.384. The Bertz CT molecular complexity index is 530. The number of carbonyl (C=O) groups excluding carboxylic acids is 1. The number of rotatable bonds is 6. The van der Waals surface area contributed by atoms with Crippen molar-refractivity contribution >= 4 is 17.3 Å². The van der Waals surface area contributed by atoms with Crippen molar-refractivity contribution in [1.82, 2.24) is 5.32 Å². The molecule has 1 saturated carbocycles. The minimum absolute atomic E-state index is 0.0458. The van der Waals surface area contributed by atoms with Gasteiger partial charge in [-0.25, -0.2) is 0 Å². The molecule has 0 heterocycles. The predicted octanol–water partition coefficient (Wildman–Crippen LogP) is 2.55. The molecular formula is C14H19N3O3. The van der Waals surface area contributed by atoms with Crippen molar-refractivity contribution in [2.45, 2.75) is 32.7 Å². The molecule has 20 heavy (non-hydrogen) atoms. The molecule has 6 heteroatoms. The van der Waals surface area contributed by atoms with Gasteiger partial charge in [-0.15, -0.1) is 0 Å². The summed E-state index contributed by atoms with van der Waals surface area (Å²) < 4.78 is 0. The summed E-state index contributed by atoms with van der Waals surface area (Å²) in [6.07, 6.45) is 2.12. The molecule has 1 fully saturated rings. The molecule has 0 spiro atoms. The molecule has 0 radical (unpaired) electrons. The quantitative estimate of drug-likeness (QED) is 0.618. The van der Waals surface area contributed by atoms with Crippen LogP contribution in [0.4, 0.5) is 11.4 Å². The summed E-state index contributed by atoms with van der Waals surface area (Å²) in [6.45, 7) is 4.41. The zero-order chi connectivity index (χ0) is 14.7. The predicted molar refractivity (Wildman–Crippen MR) is 76.9 cm³/mol. The number of nitro benzene ring substituents is 1. The average Bonchev–Trinajstić information content (AvgIpc) is 3.17. The number of nitrogens with zero attached hydrogens (tertiary/aromatic N) is 1. The van der Waals surface area contributed by atoms with Crippen molar-refractivity contribution in [3.8, 4) is 0 Å². The molecule has 108 valence electrons. The SMILES string of the molecule is CCNC(=O)c1ccc(NC2CC2CC)c([N+](=O)[O-])c1. The number of amides is 1. The van der Waals surface area contributed by atoms with Crippen molar-refractivity contribution < 1.29 is 9.72 Å². The monoisotopic (exact) mass is 277 g/mol. The lowest BCUT2D eigenvalue weighted by atomic mass is 10.1. The van der Waals surface area contributed by atoms with Crippen molar-refractivity contribution in [3.63, 3.8) is 0 Å². The summed E-state index contributed by atoms with van der Waals surface area (Å²) in [4.78, 5) is 22.4. The van der Waals surface area contributed by atoms with Gasteiger partial charge in [-0.3, -0.25) is 14.9 Å². The fraction of sp³-hybridized carbons (Fsp3) is 0.500. The number of nitro groups is 1. The maximum Gasteiger partial charge on any atom is 0.293 e. The van der Waals surface area contributed by atoms with Crippen molar-refractivity contribution in [2.75, 3.05) is 11.9 Å². The summed E-state index contributed by atoms with van der Waals surface area (Å²) in [7, 11) is 0. The van der Waals surface area contributed by atoms with Gasteiger partial charge < -0.3 is 10.6 Å². The van der Waals surface area contributed by atoms with Gasteiger partial charge >= 0.3 is 0 Å². The molecule has 2 atom stereocenters. The maximum absolute atomic E-state index is 11.7. The zero-order valence-electron chi connectivity index (χ0n) is 11.7. The minimum Gasteiger partial charge on any atom is -0.376 e. The van der Waals surface area contributed by atoms with Crippen molar-refractivity contribution in [3.05, 3.63) is 33.9 Å². The smallest absolute Gasteiger partial charge is 0.293 e. The van der Waals surface area contributed by atoms with Gasteiger partial charge in [0.15, 0.2) is 0 Å². The van der Waals surface area contributed by atoms with Gasteiger partial charge in [-0.05, 0) is 31.4 Å². The highest BCUT2D eigenvalue weighted by Gasteiger charge is 2.36. The van der Waals surface area contributed by atoms with Crippen LogP contribution in [0.5, 0.6) is 0 Å². The van der Waals surface area contributed by atoms with E-state index < -0.39 is 4.92 Å². The van der Waals surface area contributed by atoms with Crippen LogP contribution in [0, 0.1) is 16.0 Å². The number of carbonyl (C=O) groups is 1. The second-order valence-corrected chi connectivity index (χ2v) is 5.00. The number of anilines is 1. The molecule has 1 aromatic carbocycles. The van der Waals surface area contributed by atoms with Crippen LogP contribution in [0.25, 0.3) is 0 Å². The summed E-state index contributed by atoms with van der Waals surface area (Å²) >= 11 is 0. The highest BCUT2D eigenvalue weighted by molar-refractivity contribution is 5.95. The number of nitrogens with one attached hydrogen (secondary N) is 2. The minimum atomic E-state index is -0.450. The molecule has 1 aromatic rings. The molecule has 0 aliphatic heterocycles. The third kappa shape index (κ3) is 3.07. The Balaban J connectivity index is 2.20. The maximum atomic E-state index is 11.7. The first-order valence-corrected chi connectivity index (χ1v) is 6.90. The van der Waals surface area contributed by atoms with E-state index in [4.69, 9.17) is 0 Å². The second-order valence-electron chi connectivity index (χ2n) is 5.00. The van der Waals surface area contributed by atoms with Crippen LogP contribution in [0.1, 0.15) is 37.0 Å². The first kappa shape index (κ1) is 14.3. The van der Waals surface area contributed by atoms with Gasteiger partial charge in [0.05, 0.1) is 4.92 Å². The summed E-state index contributed by atoms with van der Waals surface area (Å²) in [5.74, 6) is 0.303. The van der Waals surface area contributed by atoms with Gasteiger partial charge in [0.25, 0.3) is 11.6 Å². The van der Waals surface area contributed by atoms with E-state index in [1.165, 1.54) is 6.07 Å². The van der Waals surface area contributed by atoms with E-state index >= 15 is 0 Å². The van der Waals surface area contributed by atoms with Crippen LogP contribution in [0.3, 0.4) is 0 Å². The first-order valence-electron chi connectivity index (χ1n) is 6.90. The zero-order valence-corrected chi connectivity index (χ0v) is 11.7. The van der Waals surface area contributed by atoms with Gasteiger partial charge in [0, 0.05) is 24.2 Å². The third-order valence-corrected chi connectivity index (χ3v) is 3.58. The molecule has 6 nitrogen and oxygen atoms in total. The van der Waals surface area contributed by atoms with E-state index in [2.05, 4.69) is 17.6 Å². The summed E-state index contributed by atoms with van der Waals surface area (Å²) in [5, 5.41) is 17.0. The van der Waals surface area contributed by atoms with Gasteiger partial charge in [0.2, 0.25) is 0 Å². The Labute approximate surface area is 117 Å². The van der Waals surface area contributed by atoms with Crippen molar-refractivity contribution in [2.24, 2.45) is 5.92 Å². The van der Waals surface area contributed by atoms with Gasteiger partial charge in [0.1, 0.15) is 5.69 Å². The molecule has 0 bridgehead atoms. The van der Waals surface area contributed by atoms with E-state index in [0.717, 1.165) is 12.8 Å². The van der Waals surface area contributed by atoms with E-state index in [9.17, 15) is 14.9 Å². The highest BCUT2D eigenvalue weighted by Crippen LogP contribution is 2.38. The number of benzene rings is 1. The number of hydrogen-bond donors (Lipinski definition) is 2. The van der Waals surface area contributed by atoms with Crippen LogP contribution in [-0.2, 0) is 0 Å². The lowest BCUT2D eigenvalue weighted by Crippen LogP contribution is -2.22. The fourth-order valence-electron chi connectivity index (χ4n) is 2.28. The molecular weight excluding hydrogens is 258 g/mol. The molecule has 1 aliphatic carbocycles. The van der Waals surface area contributed by atoms with Crippen molar-refractivity contribution in [1.29, 1.82) is 0 Å². The Kier molecular flexibility index (Phi) is 4.22. The molecule has 0 aromatic heterocycles. The summed E-state index contributed by atoms with van der Waals surface area (Å²) in [6, 6.07) is 4.88. The Hall–Kier alpha value is -2.11. The lowest BCUT2D eigenvalue weighted by Gasteiger charge is -2.08. The van der Waals surface area contributed by atoms with E-state index in [1.54, 1.807) is 19.1 Å². The summed E-state index contributed by atoms with van der Waals surface area (Å²) in [5.41, 5.74) is 0.756. The standard InChI is InChI=1S/C14H19N3O3/c1-3-9-7-12(9)16-11-6-5-10(14(18)15-4-2)8-13(11)17(19)20/h5-6,8-9,12,16H,3-4,7H2,1-2H3,(H,15,18). The average molecular weight is 277 g/mol. The fourth-order valence-corrected chi connectivity index (χ4v) is 2.28. The molecule has 1 amide bonds. The van der Waals surface area contributed by atoms with Crippen LogP contribution in [0.2, 0.25) is 0 Å². The normalized spacial score (nSPS) is 20.3. The van der Waals surface area contributed by atoms with Gasteiger partial charge in [-0.2, -0.15) is 0 Å². The molecule has 2 rings (SSSR count). The van der Waals surface area contributed by atoms with Crippen LogP contribution in [-0.4, -0.2) is 23.4 Å². The second kappa shape index (κ2) is 5.90. The Morgan fingerprint density at radius 1 is 1.45 bits per heavy atom. The third-order valence-electron chi connectivity index (χ3n) is 3.58. The van der Waals surface area contributed by atoms with Crippen LogP contribution >= 0.6 is 0 Å². The molecule has 0 saturated heterocycles. The molecule has 2 N–H and O–H groups in total. The highest BCUT2D eigenvalue weighted by atomic mass is 16.6.